The molecule has 1 aromatic heterocycles. The van der Waals surface area contributed by atoms with E-state index in [2.05, 4.69) is 4.98 Å². The smallest absolute Gasteiger partial charge is 0.423 e. The molecule has 2 rings (SSSR count). The van der Waals surface area contributed by atoms with E-state index in [1.807, 2.05) is 0 Å². The SMILES string of the molecule is O=c1ccncn1Cc1ccc(F)cc1B(O)O. The van der Waals surface area contributed by atoms with E-state index in [0.717, 1.165) is 6.07 Å². The highest BCUT2D eigenvalue weighted by molar-refractivity contribution is 6.59. The maximum Gasteiger partial charge on any atom is 0.488 e. The first kappa shape index (κ1) is 12.5. The monoisotopic (exact) mass is 248 g/mol. The molecular weight excluding hydrogens is 238 g/mol. The molecule has 0 spiro atoms. The molecule has 0 fully saturated rings. The lowest BCUT2D eigenvalue weighted by Gasteiger charge is -2.10. The van der Waals surface area contributed by atoms with Crippen molar-refractivity contribution in [2.24, 2.45) is 0 Å². The van der Waals surface area contributed by atoms with E-state index in [-0.39, 0.29) is 17.6 Å². The zero-order valence-electron chi connectivity index (χ0n) is 9.32. The van der Waals surface area contributed by atoms with Crippen LogP contribution in [-0.2, 0) is 6.54 Å². The van der Waals surface area contributed by atoms with E-state index in [1.165, 1.54) is 35.3 Å². The van der Waals surface area contributed by atoms with Crippen molar-refractivity contribution in [3.8, 4) is 0 Å². The van der Waals surface area contributed by atoms with E-state index in [4.69, 9.17) is 10.0 Å². The van der Waals surface area contributed by atoms with Crippen molar-refractivity contribution in [1.82, 2.24) is 9.55 Å². The average molecular weight is 248 g/mol. The number of nitrogens with zero attached hydrogens (tertiary/aromatic N) is 2. The van der Waals surface area contributed by atoms with Crippen LogP contribution in [0.3, 0.4) is 0 Å². The summed E-state index contributed by atoms with van der Waals surface area (Å²) >= 11 is 0. The van der Waals surface area contributed by atoms with Crippen molar-refractivity contribution in [2.75, 3.05) is 0 Å². The maximum atomic E-state index is 13.0. The number of halogens is 1. The van der Waals surface area contributed by atoms with Gasteiger partial charge in [-0.1, -0.05) is 6.07 Å². The Morgan fingerprint density at radius 1 is 1.33 bits per heavy atom. The van der Waals surface area contributed by atoms with Gasteiger partial charge in [0.25, 0.3) is 5.56 Å². The molecule has 1 aromatic carbocycles. The Labute approximate surface area is 102 Å². The van der Waals surface area contributed by atoms with Gasteiger partial charge < -0.3 is 10.0 Å². The number of benzene rings is 1. The molecule has 0 saturated carbocycles. The quantitative estimate of drug-likeness (QED) is 0.691. The average Bonchev–Trinajstić information content (AvgIpc) is 2.34. The van der Waals surface area contributed by atoms with Gasteiger partial charge in [0.1, 0.15) is 5.82 Å². The lowest BCUT2D eigenvalue weighted by molar-refractivity contribution is 0.424. The lowest BCUT2D eigenvalue weighted by Crippen LogP contribution is -2.35. The van der Waals surface area contributed by atoms with Gasteiger partial charge in [-0.2, -0.15) is 0 Å². The van der Waals surface area contributed by atoms with Crippen molar-refractivity contribution >= 4 is 12.6 Å². The van der Waals surface area contributed by atoms with Crippen LogP contribution in [0.25, 0.3) is 0 Å². The minimum absolute atomic E-state index is 0.0331. The van der Waals surface area contributed by atoms with Crippen molar-refractivity contribution in [3.63, 3.8) is 0 Å². The molecule has 7 heteroatoms. The Morgan fingerprint density at radius 2 is 2.11 bits per heavy atom. The highest BCUT2D eigenvalue weighted by Crippen LogP contribution is 2.02. The molecule has 0 aliphatic heterocycles. The Bertz CT molecular complexity index is 615. The fourth-order valence-corrected chi connectivity index (χ4v) is 1.63. The Kier molecular flexibility index (Phi) is 3.54. The second-order valence-corrected chi connectivity index (χ2v) is 3.76. The Morgan fingerprint density at radius 3 is 2.78 bits per heavy atom. The zero-order chi connectivity index (χ0) is 13.1. The summed E-state index contributed by atoms with van der Waals surface area (Å²) in [4.78, 5) is 15.3. The molecule has 0 saturated heterocycles. The maximum absolute atomic E-state index is 13.0. The van der Waals surface area contributed by atoms with Crippen LogP contribution in [0.4, 0.5) is 4.39 Å². The van der Waals surface area contributed by atoms with Crippen LogP contribution < -0.4 is 11.0 Å². The van der Waals surface area contributed by atoms with Gasteiger partial charge in [-0.05, 0) is 23.2 Å². The largest absolute Gasteiger partial charge is 0.488 e. The van der Waals surface area contributed by atoms with E-state index in [9.17, 15) is 9.18 Å². The molecule has 92 valence electrons. The summed E-state index contributed by atoms with van der Waals surface area (Å²) < 4.78 is 14.3. The molecule has 0 atom stereocenters. The number of rotatable bonds is 3. The summed E-state index contributed by atoms with van der Waals surface area (Å²) in [6.45, 7) is 0.0971. The first-order valence-electron chi connectivity index (χ1n) is 5.23. The lowest BCUT2D eigenvalue weighted by atomic mass is 9.77. The third-order valence-electron chi connectivity index (χ3n) is 2.52. The molecule has 0 unspecified atom stereocenters. The molecule has 0 radical (unpaired) electrons. The second kappa shape index (κ2) is 5.11. The van der Waals surface area contributed by atoms with Gasteiger partial charge in [0.15, 0.2) is 0 Å². The van der Waals surface area contributed by atoms with Gasteiger partial charge in [-0.25, -0.2) is 9.37 Å². The fourth-order valence-electron chi connectivity index (χ4n) is 1.63. The van der Waals surface area contributed by atoms with Crippen molar-refractivity contribution in [3.05, 3.63) is 58.5 Å². The molecule has 18 heavy (non-hydrogen) atoms. The molecule has 5 nitrogen and oxygen atoms in total. The molecule has 1 heterocycles. The van der Waals surface area contributed by atoms with Crippen molar-refractivity contribution < 1.29 is 14.4 Å². The number of aromatic nitrogens is 2. The summed E-state index contributed by atoms with van der Waals surface area (Å²) in [7, 11) is -1.79. The summed E-state index contributed by atoms with van der Waals surface area (Å²) in [5.74, 6) is -0.569. The predicted octanol–water partition coefficient (Wildman–Crippen LogP) is -0.889. The van der Waals surface area contributed by atoms with Gasteiger partial charge >= 0.3 is 7.12 Å². The normalized spacial score (nSPS) is 10.4. The van der Waals surface area contributed by atoms with Gasteiger partial charge in [0.2, 0.25) is 0 Å². The topological polar surface area (TPSA) is 75.4 Å². The molecule has 2 aromatic rings. The van der Waals surface area contributed by atoms with Gasteiger partial charge in [-0.3, -0.25) is 9.36 Å². The van der Waals surface area contributed by atoms with Crippen LogP contribution in [0.5, 0.6) is 0 Å². The van der Waals surface area contributed by atoms with Crippen LogP contribution in [0.1, 0.15) is 5.56 Å². The molecule has 2 N–H and O–H groups in total. The van der Waals surface area contributed by atoms with Crippen LogP contribution in [-0.4, -0.2) is 26.7 Å². The van der Waals surface area contributed by atoms with E-state index >= 15 is 0 Å². The Hall–Kier alpha value is -1.99. The molecule has 0 bridgehead atoms. The third-order valence-corrected chi connectivity index (χ3v) is 2.52. The zero-order valence-corrected chi connectivity index (χ0v) is 9.32. The van der Waals surface area contributed by atoms with Gasteiger partial charge in [0.05, 0.1) is 12.9 Å². The van der Waals surface area contributed by atoms with Crippen molar-refractivity contribution in [2.45, 2.75) is 6.54 Å². The molecule has 0 amide bonds. The minimum Gasteiger partial charge on any atom is -0.423 e. The van der Waals surface area contributed by atoms with Gasteiger partial charge in [0, 0.05) is 12.3 Å². The first-order valence-corrected chi connectivity index (χ1v) is 5.23. The van der Waals surface area contributed by atoms with E-state index < -0.39 is 12.9 Å². The van der Waals surface area contributed by atoms with E-state index in [1.54, 1.807) is 0 Å². The second-order valence-electron chi connectivity index (χ2n) is 3.76. The summed E-state index contributed by atoms with van der Waals surface area (Å²) in [5, 5.41) is 18.3. The van der Waals surface area contributed by atoms with Gasteiger partial charge in [-0.15, -0.1) is 0 Å². The summed E-state index contributed by atoms with van der Waals surface area (Å²) in [5.41, 5.74) is 0.208. The molecular formula is C11H10BFN2O3. The standard InChI is InChI=1S/C11H10BFN2O3/c13-9-2-1-8(10(5-9)12(17)18)6-15-7-14-4-3-11(15)16/h1-5,7,17-18H,6H2. The highest BCUT2D eigenvalue weighted by atomic mass is 19.1. The van der Waals surface area contributed by atoms with Crippen LogP contribution in [0.2, 0.25) is 0 Å². The highest BCUT2D eigenvalue weighted by Gasteiger charge is 2.17. The fraction of sp³-hybridized carbons (Fsp3) is 0.0909. The summed E-state index contributed by atoms with van der Waals surface area (Å²) in [6, 6.07) is 4.92. The Balaban J connectivity index is 2.41. The number of hydrogen-bond donors (Lipinski definition) is 2. The molecule has 0 aliphatic rings. The van der Waals surface area contributed by atoms with Crippen LogP contribution >= 0.6 is 0 Å². The predicted molar refractivity (Wildman–Crippen MR) is 63.8 cm³/mol. The van der Waals surface area contributed by atoms with Crippen molar-refractivity contribution in [1.29, 1.82) is 0 Å². The molecule has 0 aliphatic carbocycles. The first-order chi connectivity index (χ1) is 8.58. The van der Waals surface area contributed by atoms with Crippen LogP contribution in [0.15, 0.2) is 41.6 Å². The van der Waals surface area contributed by atoms with Crippen LogP contribution in [0, 0.1) is 5.82 Å². The minimum atomic E-state index is -1.79. The third kappa shape index (κ3) is 2.64. The van der Waals surface area contributed by atoms with E-state index in [0.29, 0.717) is 5.56 Å². The summed E-state index contributed by atoms with van der Waals surface area (Å²) in [6.07, 6.45) is 2.70. The number of hydrogen-bond acceptors (Lipinski definition) is 4.